The fraction of sp³-hybridized carbons (Fsp3) is 0.588. The van der Waals surface area contributed by atoms with Gasteiger partial charge in [0.2, 0.25) is 15.9 Å². The number of rotatable bonds is 8. The van der Waals surface area contributed by atoms with Gasteiger partial charge in [0.15, 0.2) is 0 Å². The van der Waals surface area contributed by atoms with Gasteiger partial charge < -0.3 is 5.32 Å². The quantitative estimate of drug-likeness (QED) is 0.714. The van der Waals surface area contributed by atoms with Crippen molar-refractivity contribution in [2.75, 3.05) is 13.1 Å². The molecule has 2 N–H and O–H groups in total. The molecular weight excluding hydrogens is 312 g/mol. The molecule has 6 heteroatoms. The number of benzene rings is 1. The Bertz CT molecular complexity index is 602. The second-order valence-electron chi connectivity index (χ2n) is 6.63. The van der Waals surface area contributed by atoms with E-state index < -0.39 is 10.0 Å². The van der Waals surface area contributed by atoms with E-state index >= 15 is 0 Å². The van der Waals surface area contributed by atoms with Crippen LogP contribution in [-0.4, -0.2) is 27.4 Å². The van der Waals surface area contributed by atoms with Crippen LogP contribution in [0.3, 0.4) is 0 Å². The number of hydrogen-bond donors (Lipinski definition) is 2. The third kappa shape index (κ3) is 6.71. The lowest BCUT2D eigenvalue weighted by Gasteiger charge is -2.19. The lowest BCUT2D eigenvalue weighted by Crippen LogP contribution is -2.31. The molecular formula is C17H28N2O3S. The summed E-state index contributed by atoms with van der Waals surface area (Å²) in [6, 6.07) is 6.85. The molecule has 0 fully saturated rings. The first kappa shape index (κ1) is 19.6. The molecule has 0 atom stereocenters. The minimum Gasteiger partial charge on any atom is -0.356 e. The highest BCUT2D eigenvalue weighted by atomic mass is 32.2. The van der Waals surface area contributed by atoms with Crippen LogP contribution in [0.15, 0.2) is 29.2 Å². The number of carbonyl (C=O) groups is 1. The first-order chi connectivity index (χ1) is 10.7. The highest BCUT2D eigenvalue weighted by Crippen LogP contribution is 2.23. The van der Waals surface area contributed by atoms with Gasteiger partial charge in [-0.2, -0.15) is 0 Å². The maximum atomic E-state index is 12.2. The van der Waals surface area contributed by atoms with Crippen LogP contribution >= 0.6 is 0 Å². The number of amides is 1. The van der Waals surface area contributed by atoms with Crippen molar-refractivity contribution >= 4 is 15.9 Å². The average Bonchev–Trinajstić information content (AvgIpc) is 2.46. The molecule has 1 rings (SSSR count). The fourth-order valence-corrected chi connectivity index (χ4v) is 3.04. The summed E-state index contributed by atoms with van der Waals surface area (Å²) in [5.41, 5.74) is 1.05. The predicted octanol–water partition coefficient (Wildman–Crippen LogP) is 2.57. The van der Waals surface area contributed by atoms with Crippen LogP contribution in [0.5, 0.6) is 0 Å². The number of nitrogens with one attached hydrogen (secondary N) is 2. The van der Waals surface area contributed by atoms with Crippen LogP contribution in [0.2, 0.25) is 0 Å². The minimum atomic E-state index is -3.57. The lowest BCUT2D eigenvalue weighted by atomic mass is 9.87. The summed E-state index contributed by atoms with van der Waals surface area (Å²) < 4.78 is 26.9. The molecule has 0 aromatic heterocycles. The van der Waals surface area contributed by atoms with Crippen molar-refractivity contribution < 1.29 is 13.2 Å². The Balaban J connectivity index is 2.54. The molecule has 0 radical (unpaired) electrons. The van der Waals surface area contributed by atoms with Gasteiger partial charge in [0.05, 0.1) is 4.90 Å². The van der Waals surface area contributed by atoms with E-state index in [-0.39, 0.29) is 29.2 Å². The molecule has 0 heterocycles. The van der Waals surface area contributed by atoms with Gasteiger partial charge in [-0.05, 0) is 29.5 Å². The van der Waals surface area contributed by atoms with E-state index in [1.165, 1.54) is 0 Å². The predicted molar refractivity (Wildman–Crippen MR) is 92.9 cm³/mol. The molecule has 5 nitrogen and oxygen atoms in total. The fourth-order valence-electron chi connectivity index (χ4n) is 2.01. The smallest absolute Gasteiger partial charge is 0.240 e. The average molecular weight is 340 g/mol. The lowest BCUT2D eigenvalue weighted by molar-refractivity contribution is -0.120. The standard InChI is InChI=1S/C17H28N2O3S/c1-5-6-12-18-16(20)11-13-19-23(21,22)15-9-7-14(8-10-15)17(2,3)4/h7-10,19H,5-6,11-13H2,1-4H3,(H,18,20). The van der Waals surface area contributed by atoms with E-state index in [1.807, 2.05) is 19.1 Å². The normalized spacial score (nSPS) is 12.2. The van der Waals surface area contributed by atoms with Crippen LogP contribution in [0.4, 0.5) is 0 Å². The molecule has 0 unspecified atom stereocenters. The monoisotopic (exact) mass is 340 g/mol. The molecule has 0 aliphatic heterocycles. The third-order valence-corrected chi connectivity index (χ3v) is 5.00. The van der Waals surface area contributed by atoms with Crippen molar-refractivity contribution in [1.82, 2.24) is 10.0 Å². The summed E-state index contributed by atoms with van der Waals surface area (Å²) in [4.78, 5) is 11.8. The Morgan fingerprint density at radius 2 is 1.70 bits per heavy atom. The van der Waals surface area contributed by atoms with E-state index in [2.05, 4.69) is 30.8 Å². The summed E-state index contributed by atoms with van der Waals surface area (Å²) in [5.74, 6) is -0.135. The molecule has 1 aromatic carbocycles. The van der Waals surface area contributed by atoms with Gasteiger partial charge >= 0.3 is 0 Å². The van der Waals surface area contributed by atoms with E-state index in [0.29, 0.717) is 6.54 Å². The molecule has 0 aliphatic rings. The van der Waals surface area contributed by atoms with Crippen molar-refractivity contribution in [2.45, 2.75) is 57.3 Å². The van der Waals surface area contributed by atoms with Crippen LogP contribution in [0.25, 0.3) is 0 Å². The molecule has 0 saturated heterocycles. The van der Waals surface area contributed by atoms with E-state index in [1.54, 1.807) is 12.1 Å². The molecule has 130 valence electrons. The second-order valence-corrected chi connectivity index (χ2v) is 8.39. The highest BCUT2D eigenvalue weighted by molar-refractivity contribution is 7.89. The first-order valence-electron chi connectivity index (χ1n) is 8.03. The Morgan fingerprint density at radius 1 is 1.09 bits per heavy atom. The SMILES string of the molecule is CCCCNC(=O)CCNS(=O)(=O)c1ccc(C(C)(C)C)cc1. The van der Waals surface area contributed by atoms with Crippen LogP contribution in [0.1, 0.15) is 52.5 Å². The van der Waals surface area contributed by atoms with Crippen LogP contribution < -0.4 is 10.0 Å². The first-order valence-corrected chi connectivity index (χ1v) is 9.52. The molecule has 1 amide bonds. The Hall–Kier alpha value is -1.40. The zero-order valence-electron chi connectivity index (χ0n) is 14.5. The van der Waals surface area contributed by atoms with Crippen molar-refractivity contribution in [3.8, 4) is 0 Å². The van der Waals surface area contributed by atoms with Gasteiger partial charge in [-0.25, -0.2) is 13.1 Å². The number of unbranched alkanes of at least 4 members (excludes halogenated alkanes) is 1. The number of hydrogen-bond acceptors (Lipinski definition) is 3. The van der Waals surface area contributed by atoms with Gasteiger partial charge in [0.1, 0.15) is 0 Å². The van der Waals surface area contributed by atoms with E-state index in [9.17, 15) is 13.2 Å². The minimum absolute atomic E-state index is 0.0215. The Morgan fingerprint density at radius 3 is 2.22 bits per heavy atom. The molecule has 0 spiro atoms. The zero-order chi connectivity index (χ0) is 17.5. The number of carbonyl (C=O) groups excluding carboxylic acids is 1. The summed E-state index contributed by atoms with van der Waals surface area (Å²) in [7, 11) is -3.57. The van der Waals surface area contributed by atoms with Crippen molar-refractivity contribution in [2.24, 2.45) is 0 Å². The maximum absolute atomic E-state index is 12.2. The highest BCUT2D eigenvalue weighted by Gasteiger charge is 2.17. The third-order valence-electron chi connectivity index (χ3n) is 3.53. The molecule has 23 heavy (non-hydrogen) atoms. The number of sulfonamides is 1. The van der Waals surface area contributed by atoms with Gasteiger partial charge in [-0.3, -0.25) is 4.79 Å². The zero-order valence-corrected chi connectivity index (χ0v) is 15.3. The summed E-state index contributed by atoms with van der Waals surface area (Å²) in [5, 5.41) is 2.76. The van der Waals surface area contributed by atoms with Gasteiger partial charge in [0, 0.05) is 19.5 Å². The molecule has 0 bridgehead atoms. The summed E-state index contributed by atoms with van der Waals surface area (Å²) in [6.45, 7) is 9.01. The van der Waals surface area contributed by atoms with E-state index in [4.69, 9.17) is 0 Å². The van der Waals surface area contributed by atoms with Crippen LogP contribution in [0, 0.1) is 0 Å². The van der Waals surface area contributed by atoms with Crippen molar-refractivity contribution in [1.29, 1.82) is 0 Å². The van der Waals surface area contributed by atoms with E-state index in [0.717, 1.165) is 18.4 Å². The topological polar surface area (TPSA) is 75.3 Å². The largest absolute Gasteiger partial charge is 0.356 e. The Labute approximate surface area is 139 Å². The van der Waals surface area contributed by atoms with Gasteiger partial charge in [-0.1, -0.05) is 46.2 Å². The van der Waals surface area contributed by atoms with Gasteiger partial charge in [0.25, 0.3) is 0 Å². The summed E-state index contributed by atoms with van der Waals surface area (Å²) >= 11 is 0. The Kier molecular flexibility index (Phi) is 7.22. The maximum Gasteiger partial charge on any atom is 0.240 e. The van der Waals surface area contributed by atoms with Crippen molar-refractivity contribution in [3.63, 3.8) is 0 Å². The summed E-state index contributed by atoms with van der Waals surface area (Å²) in [6.07, 6.45) is 2.08. The molecule has 0 aliphatic carbocycles. The van der Waals surface area contributed by atoms with Crippen LogP contribution in [-0.2, 0) is 20.2 Å². The molecule has 0 saturated carbocycles. The van der Waals surface area contributed by atoms with Crippen molar-refractivity contribution in [3.05, 3.63) is 29.8 Å². The second kappa shape index (κ2) is 8.45. The molecule has 1 aromatic rings. The van der Waals surface area contributed by atoms with Gasteiger partial charge in [-0.15, -0.1) is 0 Å².